The maximum absolute atomic E-state index is 13.4. The highest BCUT2D eigenvalue weighted by Gasteiger charge is 2.27. The lowest BCUT2D eigenvalue weighted by Gasteiger charge is -2.21. The summed E-state index contributed by atoms with van der Waals surface area (Å²) in [7, 11) is 0. The molecule has 5 nitrogen and oxygen atoms in total. The normalized spacial score (nSPS) is 13.5. The predicted molar refractivity (Wildman–Crippen MR) is 122 cm³/mol. The molecule has 0 bridgehead atoms. The lowest BCUT2D eigenvalue weighted by Crippen LogP contribution is -2.29. The molecule has 0 saturated carbocycles. The van der Waals surface area contributed by atoms with E-state index >= 15 is 0 Å². The fourth-order valence-corrected chi connectivity index (χ4v) is 4.67. The molecule has 2 aromatic carbocycles. The third kappa shape index (κ3) is 4.32. The van der Waals surface area contributed by atoms with Crippen molar-refractivity contribution in [3.63, 3.8) is 0 Å². The van der Waals surface area contributed by atoms with Crippen molar-refractivity contribution in [2.45, 2.75) is 12.8 Å². The number of carbonyl (C=O) groups excluding carboxylic acids is 2. The van der Waals surface area contributed by atoms with Crippen LogP contribution in [0.15, 0.2) is 47.8 Å². The fourth-order valence-electron chi connectivity index (χ4n) is 3.24. The minimum atomic E-state index is -0.381. The number of hydrogen-bond donors (Lipinski definition) is 0. The minimum absolute atomic E-state index is 0.122. The maximum atomic E-state index is 13.4. The number of hydrogen-bond acceptors (Lipinski definition) is 4. The van der Waals surface area contributed by atoms with E-state index < -0.39 is 0 Å². The molecule has 0 radical (unpaired) electrons. The number of rotatable bonds is 4. The first-order chi connectivity index (χ1) is 14.4. The van der Waals surface area contributed by atoms with Crippen LogP contribution in [0.25, 0.3) is 0 Å². The average molecular weight is 481 g/mol. The monoisotopic (exact) mass is 479 g/mol. The Morgan fingerprint density at radius 1 is 0.967 bits per heavy atom. The Bertz CT molecular complexity index is 1100. The topological polar surface area (TPSA) is 53.5 Å². The Hall–Kier alpha value is -2.12. The molecular formula is C21H16Cl3N3O2S. The summed E-state index contributed by atoms with van der Waals surface area (Å²) in [4.78, 5) is 33.8. The van der Waals surface area contributed by atoms with E-state index in [1.807, 2.05) is 0 Å². The van der Waals surface area contributed by atoms with E-state index in [1.165, 1.54) is 22.3 Å². The number of carbonyl (C=O) groups is 2. The molecule has 1 saturated heterocycles. The SMILES string of the molecule is O=C(c1csc(N(C(=O)c2ccc(Cl)cc2Cl)c2ccc(Cl)cc2)n1)N1CCCC1. The standard InChI is InChI=1S/C21H16Cl3N3O2S/c22-13-3-6-15(7-4-13)27(19(28)16-8-5-14(23)11-17(16)24)21-25-18(12-30-21)20(29)26-9-1-2-10-26/h3-8,11-12H,1-2,9-10H2. The van der Waals surface area contributed by atoms with Gasteiger partial charge in [0, 0.05) is 28.5 Å². The molecule has 154 valence electrons. The van der Waals surface area contributed by atoms with Gasteiger partial charge in [0.25, 0.3) is 11.8 Å². The summed E-state index contributed by atoms with van der Waals surface area (Å²) in [5.41, 5.74) is 1.16. The molecule has 3 aromatic rings. The van der Waals surface area contributed by atoms with Gasteiger partial charge in [-0.2, -0.15) is 0 Å². The number of thiazole rings is 1. The highest BCUT2D eigenvalue weighted by atomic mass is 35.5. The molecule has 0 unspecified atom stereocenters. The van der Waals surface area contributed by atoms with E-state index in [0.29, 0.717) is 26.6 Å². The molecule has 4 rings (SSSR count). The number of amides is 2. The van der Waals surface area contributed by atoms with E-state index in [9.17, 15) is 9.59 Å². The van der Waals surface area contributed by atoms with Crippen molar-refractivity contribution in [3.8, 4) is 0 Å². The van der Waals surface area contributed by atoms with Gasteiger partial charge in [0.15, 0.2) is 5.13 Å². The van der Waals surface area contributed by atoms with Crippen LogP contribution in [-0.2, 0) is 0 Å². The van der Waals surface area contributed by atoms with Crippen molar-refractivity contribution >= 4 is 68.8 Å². The summed E-state index contributed by atoms with van der Waals surface area (Å²) in [5.74, 6) is -0.503. The van der Waals surface area contributed by atoms with Crippen molar-refractivity contribution < 1.29 is 9.59 Å². The van der Waals surface area contributed by atoms with E-state index in [-0.39, 0.29) is 22.4 Å². The van der Waals surface area contributed by atoms with E-state index in [0.717, 1.165) is 25.9 Å². The fraction of sp³-hybridized carbons (Fsp3) is 0.190. The number of benzene rings is 2. The number of aromatic nitrogens is 1. The van der Waals surface area contributed by atoms with Gasteiger partial charge in [-0.1, -0.05) is 34.8 Å². The summed E-state index contributed by atoms with van der Waals surface area (Å²) in [5, 5.41) is 3.25. The highest BCUT2D eigenvalue weighted by molar-refractivity contribution is 7.14. The second-order valence-corrected chi connectivity index (χ2v) is 8.87. The molecule has 1 aromatic heterocycles. The first kappa shape index (κ1) is 21.1. The summed E-state index contributed by atoms with van der Waals surface area (Å²) in [6.07, 6.45) is 1.99. The van der Waals surface area contributed by atoms with E-state index in [1.54, 1.807) is 46.7 Å². The van der Waals surface area contributed by atoms with Crippen molar-refractivity contribution in [1.29, 1.82) is 0 Å². The number of halogens is 3. The zero-order valence-corrected chi connectivity index (χ0v) is 18.7. The molecule has 1 aliphatic heterocycles. The van der Waals surface area contributed by atoms with Gasteiger partial charge < -0.3 is 4.90 Å². The molecular weight excluding hydrogens is 465 g/mol. The van der Waals surface area contributed by atoms with Crippen LogP contribution in [-0.4, -0.2) is 34.8 Å². The van der Waals surface area contributed by atoms with Crippen LogP contribution in [0.3, 0.4) is 0 Å². The van der Waals surface area contributed by atoms with E-state index in [2.05, 4.69) is 4.98 Å². The van der Waals surface area contributed by atoms with Crippen LogP contribution in [0, 0.1) is 0 Å². The first-order valence-corrected chi connectivity index (χ1v) is 11.3. The second kappa shape index (κ2) is 8.94. The second-order valence-electron chi connectivity index (χ2n) is 6.76. The predicted octanol–water partition coefficient (Wildman–Crippen LogP) is 6.32. The Kier molecular flexibility index (Phi) is 6.29. The molecule has 1 fully saturated rings. The van der Waals surface area contributed by atoms with Crippen LogP contribution >= 0.6 is 46.1 Å². The van der Waals surface area contributed by atoms with Gasteiger partial charge in [-0.15, -0.1) is 11.3 Å². The van der Waals surface area contributed by atoms with Gasteiger partial charge in [-0.3, -0.25) is 14.5 Å². The molecule has 30 heavy (non-hydrogen) atoms. The van der Waals surface area contributed by atoms with Crippen LogP contribution in [0.5, 0.6) is 0 Å². The molecule has 9 heteroatoms. The molecule has 2 amide bonds. The lowest BCUT2D eigenvalue weighted by molar-refractivity contribution is 0.0787. The lowest BCUT2D eigenvalue weighted by atomic mass is 10.2. The van der Waals surface area contributed by atoms with Crippen LogP contribution in [0.4, 0.5) is 10.8 Å². The largest absolute Gasteiger partial charge is 0.337 e. The Labute approximate surface area is 192 Å². The zero-order chi connectivity index (χ0) is 21.3. The van der Waals surface area contributed by atoms with Gasteiger partial charge in [0.05, 0.1) is 16.3 Å². The first-order valence-electron chi connectivity index (χ1n) is 9.24. The summed E-state index contributed by atoms with van der Waals surface area (Å²) in [6, 6.07) is 11.5. The third-order valence-corrected chi connectivity index (χ3v) is 6.37. The zero-order valence-electron chi connectivity index (χ0n) is 15.6. The summed E-state index contributed by atoms with van der Waals surface area (Å²) < 4.78 is 0. The Morgan fingerprint density at radius 3 is 2.30 bits per heavy atom. The Balaban J connectivity index is 1.73. The minimum Gasteiger partial charge on any atom is -0.337 e. The molecule has 0 atom stereocenters. The number of nitrogens with zero attached hydrogens (tertiary/aromatic N) is 3. The molecule has 0 aliphatic carbocycles. The van der Waals surface area contributed by atoms with Crippen molar-refractivity contribution in [2.24, 2.45) is 0 Å². The van der Waals surface area contributed by atoms with Gasteiger partial charge in [0.1, 0.15) is 5.69 Å². The van der Waals surface area contributed by atoms with Gasteiger partial charge in [0.2, 0.25) is 0 Å². The number of likely N-dealkylation sites (tertiary alicyclic amines) is 1. The molecule has 2 heterocycles. The third-order valence-electron chi connectivity index (χ3n) is 4.75. The molecule has 0 N–H and O–H groups in total. The molecule has 1 aliphatic rings. The van der Waals surface area contributed by atoms with Gasteiger partial charge >= 0.3 is 0 Å². The van der Waals surface area contributed by atoms with Crippen molar-refractivity contribution in [1.82, 2.24) is 9.88 Å². The molecule has 0 spiro atoms. The van der Waals surface area contributed by atoms with Gasteiger partial charge in [-0.25, -0.2) is 4.98 Å². The summed E-state index contributed by atoms with van der Waals surface area (Å²) in [6.45, 7) is 1.46. The van der Waals surface area contributed by atoms with Crippen LogP contribution in [0.2, 0.25) is 15.1 Å². The quantitative estimate of drug-likeness (QED) is 0.439. The van der Waals surface area contributed by atoms with Crippen LogP contribution in [0.1, 0.15) is 33.7 Å². The van der Waals surface area contributed by atoms with Crippen molar-refractivity contribution in [2.75, 3.05) is 18.0 Å². The highest BCUT2D eigenvalue weighted by Crippen LogP contribution is 2.33. The summed E-state index contributed by atoms with van der Waals surface area (Å²) >= 11 is 19.5. The van der Waals surface area contributed by atoms with E-state index in [4.69, 9.17) is 34.8 Å². The Morgan fingerprint density at radius 2 is 1.63 bits per heavy atom. The van der Waals surface area contributed by atoms with Crippen LogP contribution < -0.4 is 4.90 Å². The number of anilines is 2. The average Bonchev–Trinajstić information content (AvgIpc) is 3.41. The maximum Gasteiger partial charge on any atom is 0.273 e. The van der Waals surface area contributed by atoms with Gasteiger partial charge in [-0.05, 0) is 55.3 Å². The van der Waals surface area contributed by atoms with Crippen molar-refractivity contribution in [3.05, 3.63) is 74.2 Å². The smallest absolute Gasteiger partial charge is 0.273 e.